The number of halogens is 1. The van der Waals surface area contributed by atoms with Crippen molar-refractivity contribution in [1.82, 2.24) is 9.88 Å². The molecule has 2 heterocycles. The summed E-state index contributed by atoms with van der Waals surface area (Å²) in [6.45, 7) is 1.81. The van der Waals surface area contributed by atoms with Gasteiger partial charge < -0.3 is 10.6 Å². The van der Waals surface area contributed by atoms with E-state index in [9.17, 15) is 4.79 Å². The smallest absolute Gasteiger partial charge is 0.223 e. The van der Waals surface area contributed by atoms with Crippen LogP contribution in [-0.4, -0.2) is 28.9 Å². The molecule has 2 N–H and O–H groups in total. The lowest BCUT2D eigenvalue weighted by Gasteiger charge is -2.15. The summed E-state index contributed by atoms with van der Waals surface area (Å²) >= 11 is 5.79. The molecule has 1 aromatic heterocycles. The van der Waals surface area contributed by atoms with E-state index in [1.807, 2.05) is 12.1 Å². The summed E-state index contributed by atoms with van der Waals surface area (Å²) in [5.74, 6) is 0.434. The minimum absolute atomic E-state index is 0.150. The molecule has 0 spiro atoms. The molecule has 1 amide bonds. The minimum Gasteiger partial charge on any atom is -0.336 e. The quantitative estimate of drug-likeness (QED) is 0.802. The topological polar surface area (TPSA) is 59.2 Å². The summed E-state index contributed by atoms with van der Waals surface area (Å²) in [7, 11) is 0. The van der Waals surface area contributed by atoms with Crippen molar-refractivity contribution in [2.75, 3.05) is 13.1 Å². The molecule has 2 rings (SSSR count). The van der Waals surface area contributed by atoms with E-state index >= 15 is 0 Å². The Kier molecular flexibility index (Phi) is 3.41. The van der Waals surface area contributed by atoms with Crippen molar-refractivity contribution in [2.24, 2.45) is 11.7 Å². The molecule has 1 aliphatic rings. The average molecular weight is 240 g/mol. The van der Waals surface area contributed by atoms with Gasteiger partial charge in [-0.2, -0.15) is 0 Å². The van der Waals surface area contributed by atoms with Crippen LogP contribution in [0.25, 0.3) is 0 Å². The van der Waals surface area contributed by atoms with Gasteiger partial charge in [0.15, 0.2) is 0 Å². The van der Waals surface area contributed by atoms with Gasteiger partial charge in [-0.1, -0.05) is 17.7 Å². The maximum Gasteiger partial charge on any atom is 0.223 e. The number of amides is 1. The van der Waals surface area contributed by atoms with Crippen molar-refractivity contribution in [2.45, 2.75) is 13.0 Å². The Morgan fingerprint density at radius 3 is 3.00 bits per heavy atom. The van der Waals surface area contributed by atoms with Crippen molar-refractivity contribution in [3.05, 3.63) is 29.0 Å². The summed E-state index contributed by atoms with van der Waals surface area (Å²) in [6.07, 6.45) is 0.553. The maximum atomic E-state index is 11.6. The molecule has 1 saturated heterocycles. The van der Waals surface area contributed by atoms with Crippen LogP contribution in [0.15, 0.2) is 18.2 Å². The normalized spacial score (nSPS) is 20.5. The summed E-state index contributed by atoms with van der Waals surface area (Å²) in [5.41, 5.74) is 6.38. The van der Waals surface area contributed by atoms with Crippen molar-refractivity contribution in [1.29, 1.82) is 0 Å². The summed E-state index contributed by atoms with van der Waals surface area (Å²) in [5, 5.41) is 0.458. The lowest BCUT2D eigenvalue weighted by molar-refractivity contribution is -0.128. The standard InChI is InChI=1S/C11H14ClN3O/c12-10-3-1-2-9(14-10)7-15-6-8(5-13)4-11(15)16/h1-3,8H,4-7,13H2. The van der Waals surface area contributed by atoms with Crippen LogP contribution < -0.4 is 5.73 Å². The van der Waals surface area contributed by atoms with E-state index in [1.54, 1.807) is 11.0 Å². The first-order valence-corrected chi connectivity index (χ1v) is 5.66. The third-order valence-corrected chi connectivity index (χ3v) is 2.96. The zero-order chi connectivity index (χ0) is 11.5. The summed E-state index contributed by atoms with van der Waals surface area (Å²) < 4.78 is 0. The number of nitrogens with zero attached hydrogens (tertiary/aromatic N) is 2. The molecule has 86 valence electrons. The molecule has 0 saturated carbocycles. The van der Waals surface area contributed by atoms with Gasteiger partial charge >= 0.3 is 0 Å². The van der Waals surface area contributed by atoms with Gasteiger partial charge in [0.05, 0.1) is 12.2 Å². The SMILES string of the molecule is NCC1CC(=O)N(Cc2cccc(Cl)n2)C1. The predicted octanol–water partition coefficient (Wildman–Crippen LogP) is 1.04. The number of carbonyl (C=O) groups excluding carboxylic acids is 1. The third-order valence-electron chi connectivity index (χ3n) is 2.75. The molecular weight excluding hydrogens is 226 g/mol. The molecule has 1 unspecified atom stereocenters. The van der Waals surface area contributed by atoms with Gasteiger partial charge in [-0.3, -0.25) is 4.79 Å². The van der Waals surface area contributed by atoms with E-state index in [4.69, 9.17) is 17.3 Å². The number of hydrogen-bond acceptors (Lipinski definition) is 3. The van der Waals surface area contributed by atoms with E-state index in [0.717, 1.165) is 12.2 Å². The lowest BCUT2D eigenvalue weighted by Crippen LogP contribution is -2.26. The molecule has 1 aliphatic heterocycles. The highest BCUT2D eigenvalue weighted by atomic mass is 35.5. The Balaban J connectivity index is 2.03. The van der Waals surface area contributed by atoms with Gasteiger partial charge in [0.2, 0.25) is 5.91 Å². The van der Waals surface area contributed by atoms with Crippen LogP contribution in [0.5, 0.6) is 0 Å². The first-order chi connectivity index (χ1) is 7.69. The molecular formula is C11H14ClN3O. The van der Waals surface area contributed by atoms with Gasteiger partial charge in [-0.15, -0.1) is 0 Å². The Hall–Kier alpha value is -1.13. The Morgan fingerprint density at radius 2 is 2.38 bits per heavy atom. The van der Waals surface area contributed by atoms with Crippen molar-refractivity contribution >= 4 is 17.5 Å². The fourth-order valence-corrected chi connectivity index (χ4v) is 2.08. The molecule has 0 aromatic carbocycles. The van der Waals surface area contributed by atoms with E-state index in [-0.39, 0.29) is 11.8 Å². The Morgan fingerprint density at radius 1 is 1.56 bits per heavy atom. The number of carbonyl (C=O) groups is 1. The van der Waals surface area contributed by atoms with Crippen LogP contribution >= 0.6 is 11.6 Å². The summed E-state index contributed by atoms with van der Waals surface area (Å²) in [6, 6.07) is 5.43. The first kappa shape index (κ1) is 11.4. The van der Waals surface area contributed by atoms with Crippen molar-refractivity contribution < 1.29 is 4.79 Å². The second-order valence-corrected chi connectivity index (χ2v) is 4.42. The first-order valence-electron chi connectivity index (χ1n) is 5.28. The van der Waals surface area contributed by atoms with Crippen LogP contribution in [0, 0.1) is 5.92 Å². The molecule has 5 heteroatoms. The third kappa shape index (κ3) is 2.51. The lowest BCUT2D eigenvalue weighted by atomic mass is 10.1. The van der Waals surface area contributed by atoms with Gasteiger partial charge in [0.1, 0.15) is 5.15 Å². The Bertz CT molecular complexity index is 397. The van der Waals surface area contributed by atoms with E-state index in [2.05, 4.69) is 4.98 Å². The molecule has 0 radical (unpaired) electrons. The van der Waals surface area contributed by atoms with E-state index < -0.39 is 0 Å². The van der Waals surface area contributed by atoms with Crippen LogP contribution in [0.1, 0.15) is 12.1 Å². The highest BCUT2D eigenvalue weighted by molar-refractivity contribution is 6.29. The van der Waals surface area contributed by atoms with Gasteiger partial charge in [0, 0.05) is 13.0 Å². The number of rotatable bonds is 3. The highest BCUT2D eigenvalue weighted by Gasteiger charge is 2.28. The molecule has 0 aliphatic carbocycles. The second kappa shape index (κ2) is 4.80. The van der Waals surface area contributed by atoms with Gasteiger partial charge in [-0.05, 0) is 24.6 Å². The van der Waals surface area contributed by atoms with Crippen LogP contribution in [0.3, 0.4) is 0 Å². The predicted molar refractivity (Wildman–Crippen MR) is 61.8 cm³/mol. The maximum absolute atomic E-state index is 11.6. The average Bonchev–Trinajstić information content (AvgIpc) is 2.60. The fourth-order valence-electron chi connectivity index (χ4n) is 1.90. The van der Waals surface area contributed by atoms with Crippen LogP contribution in [0.2, 0.25) is 5.15 Å². The van der Waals surface area contributed by atoms with Crippen molar-refractivity contribution in [3.63, 3.8) is 0 Å². The van der Waals surface area contributed by atoms with Crippen LogP contribution in [0.4, 0.5) is 0 Å². The van der Waals surface area contributed by atoms with E-state index in [1.165, 1.54) is 0 Å². The van der Waals surface area contributed by atoms with Crippen molar-refractivity contribution in [3.8, 4) is 0 Å². The second-order valence-electron chi connectivity index (χ2n) is 4.03. The fraction of sp³-hybridized carbons (Fsp3) is 0.455. The Labute approximate surface area is 99.4 Å². The zero-order valence-corrected chi connectivity index (χ0v) is 9.65. The number of hydrogen-bond donors (Lipinski definition) is 1. The molecule has 1 aromatic rings. The molecule has 1 atom stereocenters. The molecule has 16 heavy (non-hydrogen) atoms. The number of aromatic nitrogens is 1. The minimum atomic E-state index is 0.150. The molecule has 1 fully saturated rings. The summed E-state index contributed by atoms with van der Waals surface area (Å²) in [4.78, 5) is 17.6. The number of nitrogens with two attached hydrogens (primary N) is 1. The zero-order valence-electron chi connectivity index (χ0n) is 8.90. The van der Waals surface area contributed by atoms with Gasteiger partial charge in [-0.25, -0.2) is 4.98 Å². The monoisotopic (exact) mass is 239 g/mol. The number of likely N-dealkylation sites (tertiary alicyclic amines) is 1. The van der Waals surface area contributed by atoms with Gasteiger partial charge in [0.25, 0.3) is 0 Å². The largest absolute Gasteiger partial charge is 0.336 e. The highest BCUT2D eigenvalue weighted by Crippen LogP contribution is 2.19. The molecule has 4 nitrogen and oxygen atoms in total. The van der Waals surface area contributed by atoms with E-state index in [0.29, 0.717) is 24.7 Å². The van der Waals surface area contributed by atoms with Crippen LogP contribution in [-0.2, 0) is 11.3 Å². The number of pyridine rings is 1. The molecule has 0 bridgehead atoms.